The van der Waals surface area contributed by atoms with Crippen molar-refractivity contribution >= 4 is 11.8 Å². The maximum absolute atomic E-state index is 12.0. The Balaban J connectivity index is 1.89. The molecule has 0 aliphatic rings. The molecule has 0 saturated heterocycles. The predicted octanol–water partition coefficient (Wildman–Crippen LogP) is 2.37. The number of pyridine rings is 1. The van der Waals surface area contributed by atoms with Crippen LogP contribution in [0.5, 0.6) is 0 Å². The largest absolute Gasteiger partial charge is 0.382 e. The van der Waals surface area contributed by atoms with Crippen LogP contribution in [0.4, 0.5) is 10.6 Å². The fourth-order valence-electron chi connectivity index (χ4n) is 2.02. The van der Waals surface area contributed by atoms with E-state index in [1.807, 2.05) is 38.2 Å². The molecule has 0 fully saturated rings. The summed E-state index contributed by atoms with van der Waals surface area (Å²) in [5.41, 5.74) is 0.803. The summed E-state index contributed by atoms with van der Waals surface area (Å²) in [6, 6.07) is 6.94. The summed E-state index contributed by atoms with van der Waals surface area (Å²) in [4.78, 5) is 16.2. The normalized spacial score (nSPS) is 13.4. The summed E-state index contributed by atoms with van der Waals surface area (Å²) in [6.45, 7) is 4.43. The molecule has 2 atom stereocenters. The standard InChI is InChI=1S/C15H21N5O2/c1-11(10-22-3)20-9-7-14(19-20)18-15(21)17-12(2)13-6-4-5-8-16-13/h4-9,11-12H,10H2,1-3H3,(H2,17,18,19,21)/t11-,12-/m0/s1. The van der Waals surface area contributed by atoms with Crippen molar-refractivity contribution in [3.8, 4) is 0 Å². The van der Waals surface area contributed by atoms with Crippen LogP contribution >= 0.6 is 0 Å². The third-order valence-corrected chi connectivity index (χ3v) is 3.19. The number of hydrogen-bond acceptors (Lipinski definition) is 4. The van der Waals surface area contributed by atoms with Crippen LogP contribution in [0, 0.1) is 0 Å². The summed E-state index contributed by atoms with van der Waals surface area (Å²) < 4.78 is 6.83. The third-order valence-electron chi connectivity index (χ3n) is 3.19. The van der Waals surface area contributed by atoms with Gasteiger partial charge in [0.05, 0.1) is 24.4 Å². The number of aromatic nitrogens is 3. The molecule has 7 heteroatoms. The van der Waals surface area contributed by atoms with Crippen molar-refractivity contribution in [2.24, 2.45) is 0 Å². The number of amides is 2. The van der Waals surface area contributed by atoms with Crippen LogP contribution in [0.1, 0.15) is 31.6 Å². The molecule has 2 aromatic heterocycles. The lowest BCUT2D eigenvalue weighted by molar-refractivity contribution is 0.157. The molecule has 118 valence electrons. The van der Waals surface area contributed by atoms with Gasteiger partial charge in [0.1, 0.15) is 0 Å². The topological polar surface area (TPSA) is 81.1 Å². The predicted molar refractivity (Wildman–Crippen MR) is 83.6 cm³/mol. The number of urea groups is 1. The third kappa shape index (κ3) is 4.29. The highest BCUT2D eigenvalue weighted by Crippen LogP contribution is 2.11. The minimum atomic E-state index is -0.317. The molecule has 2 amide bonds. The first-order chi connectivity index (χ1) is 10.6. The zero-order valence-electron chi connectivity index (χ0n) is 13.0. The second-order valence-electron chi connectivity index (χ2n) is 5.06. The fraction of sp³-hybridized carbons (Fsp3) is 0.400. The van der Waals surface area contributed by atoms with Gasteiger partial charge in [-0.15, -0.1) is 0 Å². The molecule has 2 N–H and O–H groups in total. The number of anilines is 1. The lowest BCUT2D eigenvalue weighted by atomic mass is 10.2. The van der Waals surface area contributed by atoms with Crippen molar-refractivity contribution in [1.82, 2.24) is 20.1 Å². The first kappa shape index (κ1) is 16.0. The van der Waals surface area contributed by atoms with Gasteiger partial charge in [-0.3, -0.25) is 15.0 Å². The van der Waals surface area contributed by atoms with Gasteiger partial charge in [-0.2, -0.15) is 5.10 Å². The van der Waals surface area contributed by atoms with Crippen molar-refractivity contribution < 1.29 is 9.53 Å². The zero-order valence-corrected chi connectivity index (χ0v) is 13.0. The summed E-state index contributed by atoms with van der Waals surface area (Å²) in [7, 11) is 1.64. The molecule has 0 aliphatic heterocycles. The van der Waals surface area contributed by atoms with Crippen LogP contribution in [0.3, 0.4) is 0 Å². The van der Waals surface area contributed by atoms with E-state index in [1.165, 1.54) is 0 Å². The average Bonchev–Trinajstić information content (AvgIpc) is 2.96. The summed E-state index contributed by atoms with van der Waals surface area (Å²) in [5.74, 6) is 0.494. The van der Waals surface area contributed by atoms with Crippen LogP contribution in [0.25, 0.3) is 0 Å². The molecule has 0 aromatic carbocycles. The average molecular weight is 303 g/mol. The van der Waals surface area contributed by atoms with Crippen molar-refractivity contribution in [3.63, 3.8) is 0 Å². The lowest BCUT2D eigenvalue weighted by Crippen LogP contribution is -2.31. The fourth-order valence-corrected chi connectivity index (χ4v) is 2.02. The molecule has 0 aliphatic carbocycles. The Hall–Kier alpha value is -2.41. The van der Waals surface area contributed by atoms with Crippen LogP contribution in [0.2, 0.25) is 0 Å². The summed E-state index contributed by atoms with van der Waals surface area (Å²) in [6.07, 6.45) is 3.51. The summed E-state index contributed by atoms with van der Waals surface area (Å²) in [5, 5.41) is 9.83. The monoisotopic (exact) mass is 303 g/mol. The Morgan fingerprint density at radius 2 is 2.18 bits per heavy atom. The van der Waals surface area contributed by atoms with E-state index >= 15 is 0 Å². The Morgan fingerprint density at radius 1 is 1.36 bits per heavy atom. The molecule has 2 heterocycles. The Morgan fingerprint density at radius 3 is 2.86 bits per heavy atom. The number of nitrogens with one attached hydrogen (secondary N) is 2. The van der Waals surface area contributed by atoms with Crippen LogP contribution in [0.15, 0.2) is 36.7 Å². The van der Waals surface area contributed by atoms with E-state index < -0.39 is 0 Å². The van der Waals surface area contributed by atoms with Gasteiger partial charge in [-0.1, -0.05) is 6.07 Å². The van der Waals surface area contributed by atoms with Gasteiger partial charge in [-0.05, 0) is 26.0 Å². The van der Waals surface area contributed by atoms with E-state index in [9.17, 15) is 4.79 Å². The number of hydrogen-bond donors (Lipinski definition) is 2. The van der Waals surface area contributed by atoms with E-state index in [-0.39, 0.29) is 18.1 Å². The molecule has 0 bridgehead atoms. The Kier molecular flexibility index (Phi) is 5.48. The number of nitrogens with zero attached hydrogens (tertiary/aromatic N) is 3. The molecular formula is C15H21N5O2. The van der Waals surface area contributed by atoms with Gasteiger partial charge in [0.25, 0.3) is 0 Å². The highest BCUT2D eigenvalue weighted by atomic mass is 16.5. The lowest BCUT2D eigenvalue weighted by Gasteiger charge is -2.13. The second-order valence-corrected chi connectivity index (χ2v) is 5.06. The van der Waals surface area contributed by atoms with E-state index in [2.05, 4.69) is 20.7 Å². The maximum Gasteiger partial charge on any atom is 0.320 e. The van der Waals surface area contributed by atoms with Crippen molar-refractivity contribution in [3.05, 3.63) is 42.4 Å². The van der Waals surface area contributed by atoms with Gasteiger partial charge in [-0.25, -0.2) is 4.79 Å². The molecular weight excluding hydrogens is 282 g/mol. The minimum Gasteiger partial charge on any atom is -0.382 e. The van der Waals surface area contributed by atoms with Crippen LogP contribution in [-0.4, -0.2) is 34.5 Å². The van der Waals surface area contributed by atoms with Crippen molar-refractivity contribution in [1.29, 1.82) is 0 Å². The number of carbonyl (C=O) groups is 1. The molecule has 2 rings (SSSR count). The molecule has 0 unspecified atom stereocenters. The molecule has 0 radical (unpaired) electrons. The Bertz CT molecular complexity index is 599. The molecule has 7 nitrogen and oxygen atoms in total. The van der Waals surface area contributed by atoms with Gasteiger partial charge in [0.15, 0.2) is 5.82 Å². The molecule has 0 spiro atoms. The van der Waals surface area contributed by atoms with E-state index in [0.29, 0.717) is 12.4 Å². The van der Waals surface area contributed by atoms with E-state index in [0.717, 1.165) is 5.69 Å². The second kappa shape index (κ2) is 7.56. The van der Waals surface area contributed by atoms with Crippen molar-refractivity contribution in [2.75, 3.05) is 19.0 Å². The van der Waals surface area contributed by atoms with Crippen LogP contribution in [-0.2, 0) is 4.74 Å². The number of rotatable bonds is 6. The zero-order chi connectivity index (χ0) is 15.9. The first-order valence-electron chi connectivity index (χ1n) is 7.12. The van der Waals surface area contributed by atoms with E-state index in [1.54, 1.807) is 24.1 Å². The molecule has 22 heavy (non-hydrogen) atoms. The molecule has 0 saturated carbocycles. The van der Waals surface area contributed by atoms with Gasteiger partial charge < -0.3 is 10.1 Å². The first-order valence-corrected chi connectivity index (χ1v) is 7.12. The number of carbonyl (C=O) groups excluding carboxylic acids is 1. The van der Waals surface area contributed by atoms with Gasteiger partial charge >= 0.3 is 6.03 Å². The SMILES string of the molecule is COC[C@H](C)n1ccc(NC(=O)N[C@@H](C)c2ccccn2)n1. The van der Waals surface area contributed by atoms with Gasteiger partial charge in [0.2, 0.25) is 0 Å². The highest BCUT2D eigenvalue weighted by molar-refractivity contribution is 5.88. The quantitative estimate of drug-likeness (QED) is 0.858. The number of ether oxygens (including phenoxy) is 1. The van der Waals surface area contributed by atoms with E-state index in [4.69, 9.17) is 4.74 Å². The smallest absolute Gasteiger partial charge is 0.320 e. The number of methoxy groups -OCH3 is 1. The Labute approximate surface area is 129 Å². The molecule has 2 aromatic rings. The highest BCUT2D eigenvalue weighted by Gasteiger charge is 2.12. The van der Waals surface area contributed by atoms with Crippen LogP contribution < -0.4 is 10.6 Å². The van der Waals surface area contributed by atoms with Crippen molar-refractivity contribution in [2.45, 2.75) is 25.9 Å². The maximum atomic E-state index is 12.0. The van der Waals surface area contributed by atoms with Gasteiger partial charge in [0, 0.05) is 25.6 Å². The summed E-state index contributed by atoms with van der Waals surface area (Å²) >= 11 is 0. The minimum absolute atomic E-state index is 0.107.